The van der Waals surface area contributed by atoms with E-state index in [1.165, 1.54) is 17.5 Å². The number of aliphatic imine (C=N–C) groups is 1. The summed E-state index contributed by atoms with van der Waals surface area (Å²) in [5, 5.41) is 6.92. The molecule has 0 aliphatic heterocycles. The summed E-state index contributed by atoms with van der Waals surface area (Å²) in [6, 6.07) is 15.2. The van der Waals surface area contributed by atoms with Gasteiger partial charge in [-0.3, -0.25) is 9.98 Å². The maximum atomic E-state index is 4.69. The monoisotopic (exact) mass is 450 g/mol. The van der Waals surface area contributed by atoms with E-state index in [0.29, 0.717) is 12.0 Å². The lowest BCUT2D eigenvalue weighted by Gasteiger charge is -2.12. The molecular formula is C20H27IN4. The number of aromatic nitrogens is 1. The van der Waals surface area contributed by atoms with Crippen LogP contribution in [-0.4, -0.2) is 30.1 Å². The number of nitrogens with one attached hydrogen (secondary N) is 2. The van der Waals surface area contributed by atoms with Gasteiger partial charge in [0, 0.05) is 43.4 Å². The van der Waals surface area contributed by atoms with Crippen LogP contribution in [0.2, 0.25) is 0 Å². The molecule has 1 aromatic heterocycles. The Balaban J connectivity index is 0.00000225. The third kappa shape index (κ3) is 5.70. The quantitative estimate of drug-likeness (QED) is 0.401. The van der Waals surface area contributed by atoms with Crippen LogP contribution >= 0.6 is 24.0 Å². The van der Waals surface area contributed by atoms with E-state index >= 15 is 0 Å². The Hall–Kier alpha value is -1.63. The predicted octanol–water partition coefficient (Wildman–Crippen LogP) is 3.66. The molecule has 3 rings (SSSR count). The second-order valence-electron chi connectivity index (χ2n) is 6.28. The second-order valence-corrected chi connectivity index (χ2v) is 6.28. The van der Waals surface area contributed by atoms with Crippen molar-refractivity contribution in [1.29, 1.82) is 0 Å². The van der Waals surface area contributed by atoms with Crippen molar-refractivity contribution >= 4 is 29.9 Å². The maximum Gasteiger partial charge on any atom is 0.191 e. The van der Waals surface area contributed by atoms with Crippen LogP contribution in [0.4, 0.5) is 0 Å². The van der Waals surface area contributed by atoms with E-state index < -0.39 is 0 Å². The van der Waals surface area contributed by atoms with Gasteiger partial charge in [0.15, 0.2) is 5.96 Å². The number of hydrogen-bond acceptors (Lipinski definition) is 2. The van der Waals surface area contributed by atoms with Gasteiger partial charge in [-0.15, -0.1) is 24.0 Å². The van der Waals surface area contributed by atoms with Crippen LogP contribution in [0.1, 0.15) is 36.1 Å². The molecular weight excluding hydrogens is 423 g/mol. The molecule has 0 saturated heterocycles. The highest BCUT2D eigenvalue weighted by molar-refractivity contribution is 14.0. The van der Waals surface area contributed by atoms with E-state index in [1.807, 2.05) is 24.4 Å². The number of nitrogens with zero attached hydrogens (tertiary/aromatic N) is 2. The molecule has 0 amide bonds. The van der Waals surface area contributed by atoms with E-state index in [1.54, 1.807) is 0 Å². The fourth-order valence-corrected chi connectivity index (χ4v) is 3.02. The van der Waals surface area contributed by atoms with Crippen LogP contribution in [0.5, 0.6) is 0 Å². The van der Waals surface area contributed by atoms with Gasteiger partial charge in [0.2, 0.25) is 0 Å². The van der Waals surface area contributed by atoms with Gasteiger partial charge in [0.25, 0.3) is 0 Å². The molecule has 25 heavy (non-hydrogen) atoms. The van der Waals surface area contributed by atoms with E-state index in [4.69, 9.17) is 4.99 Å². The topological polar surface area (TPSA) is 49.3 Å². The highest BCUT2D eigenvalue weighted by Gasteiger charge is 2.39. The lowest BCUT2D eigenvalue weighted by atomic mass is 10.0. The zero-order chi connectivity index (χ0) is 16.8. The Morgan fingerprint density at radius 1 is 1.20 bits per heavy atom. The Morgan fingerprint density at radius 2 is 2.00 bits per heavy atom. The van der Waals surface area contributed by atoms with Gasteiger partial charge in [-0.1, -0.05) is 30.3 Å². The normalized spacial score (nSPS) is 19.0. The summed E-state index contributed by atoms with van der Waals surface area (Å²) in [5.41, 5.74) is 3.92. The lowest BCUT2D eigenvalue weighted by molar-refractivity contribution is 0.788. The molecule has 4 nitrogen and oxygen atoms in total. The molecule has 5 heteroatoms. The molecule has 1 aliphatic rings. The summed E-state index contributed by atoms with van der Waals surface area (Å²) in [7, 11) is 0. The fraction of sp³-hybridized carbons (Fsp3) is 0.400. The van der Waals surface area contributed by atoms with Gasteiger partial charge in [0.1, 0.15) is 0 Å². The zero-order valence-electron chi connectivity index (χ0n) is 14.9. The van der Waals surface area contributed by atoms with Gasteiger partial charge in [-0.25, -0.2) is 0 Å². The number of halogens is 1. The van der Waals surface area contributed by atoms with Crippen molar-refractivity contribution < 1.29 is 0 Å². The summed E-state index contributed by atoms with van der Waals surface area (Å²) in [5.74, 6) is 1.51. The van der Waals surface area contributed by atoms with Crippen molar-refractivity contribution in [3.8, 4) is 0 Å². The Bertz CT molecular complexity index is 687. The molecule has 2 atom stereocenters. The summed E-state index contributed by atoms with van der Waals surface area (Å²) in [6.45, 7) is 5.91. The predicted molar refractivity (Wildman–Crippen MR) is 115 cm³/mol. The van der Waals surface area contributed by atoms with Crippen LogP contribution in [0, 0.1) is 6.92 Å². The van der Waals surface area contributed by atoms with Gasteiger partial charge in [0.05, 0.1) is 0 Å². The van der Waals surface area contributed by atoms with Crippen molar-refractivity contribution in [3.05, 3.63) is 65.5 Å². The van der Waals surface area contributed by atoms with Crippen molar-refractivity contribution in [2.75, 3.05) is 13.1 Å². The van der Waals surface area contributed by atoms with E-state index in [2.05, 4.69) is 53.7 Å². The van der Waals surface area contributed by atoms with Crippen molar-refractivity contribution in [2.24, 2.45) is 4.99 Å². The molecule has 1 aromatic carbocycles. The zero-order valence-corrected chi connectivity index (χ0v) is 17.2. The average molecular weight is 450 g/mol. The molecule has 1 saturated carbocycles. The van der Waals surface area contributed by atoms with E-state index in [9.17, 15) is 0 Å². The molecule has 2 unspecified atom stereocenters. The van der Waals surface area contributed by atoms with Crippen LogP contribution in [0.25, 0.3) is 0 Å². The van der Waals surface area contributed by atoms with Crippen LogP contribution in [0.3, 0.4) is 0 Å². The molecule has 0 bridgehead atoms. The highest BCUT2D eigenvalue weighted by Crippen LogP contribution is 2.41. The first kappa shape index (κ1) is 19.7. The Kier molecular flexibility index (Phi) is 7.68. The summed E-state index contributed by atoms with van der Waals surface area (Å²) in [4.78, 5) is 9.04. The summed E-state index contributed by atoms with van der Waals surface area (Å²) < 4.78 is 0. The van der Waals surface area contributed by atoms with E-state index in [0.717, 1.165) is 31.2 Å². The fourth-order valence-electron chi connectivity index (χ4n) is 3.02. The average Bonchev–Trinajstić information content (AvgIpc) is 3.35. The maximum absolute atomic E-state index is 4.69. The summed E-state index contributed by atoms with van der Waals surface area (Å²) >= 11 is 0. The van der Waals surface area contributed by atoms with Crippen molar-refractivity contribution in [1.82, 2.24) is 15.6 Å². The number of benzene rings is 1. The van der Waals surface area contributed by atoms with Crippen LogP contribution in [0.15, 0.2) is 53.7 Å². The minimum Gasteiger partial charge on any atom is -0.357 e. The molecule has 2 N–H and O–H groups in total. The molecule has 134 valence electrons. The highest BCUT2D eigenvalue weighted by atomic mass is 127. The first-order valence-electron chi connectivity index (χ1n) is 8.78. The number of aryl methyl sites for hydroxylation is 1. The Labute approximate surface area is 167 Å². The number of pyridine rings is 1. The number of hydrogen-bond donors (Lipinski definition) is 2. The molecule has 2 aromatic rings. The second kappa shape index (κ2) is 9.75. The van der Waals surface area contributed by atoms with Gasteiger partial charge in [-0.2, -0.15) is 0 Å². The third-order valence-corrected chi connectivity index (χ3v) is 4.41. The van der Waals surface area contributed by atoms with Crippen LogP contribution in [-0.2, 0) is 6.42 Å². The van der Waals surface area contributed by atoms with Crippen molar-refractivity contribution in [3.63, 3.8) is 0 Å². The Morgan fingerprint density at radius 3 is 2.72 bits per heavy atom. The molecule has 1 aliphatic carbocycles. The first-order chi connectivity index (χ1) is 11.8. The van der Waals surface area contributed by atoms with Crippen molar-refractivity contribution in [2.45, 2.75) is 38.6 Å². The van der Waals surface area contributed by atoms with Crippen LogP contribution < -0.4 is 10.6 Å². The third-order valence-electron chi connectivity index (χ3n) is 4.41. The van der Waals surface area contributed by atoms with Gasteiger partial charge >= 0.3 is 0 Å². The van der Waals surface area contributed by atoms with Gasteiger partial charge < -0.3 is 10.6 Å². The molecule has 1 fully saturated rings. The molecule has 1 heterocycles. The lowest BCUT2D eigenvalue weighted by Crippen LogP contribution is -2.39. The minimum atomic E-state index is 0. The number of guanidine groups is 1. The number of rotatable bonds is 6. The van der Waals surface area contributed by atoms with Gasteiger partial charge in [-0.05, 0) is 43.5 Å². The SMILES string of the molecule is CCNC(=NCCc1ccccn1)NC1CC1c1ccccc1C.I. The standard InChI is InChI=1S/C20H26N4.HI/c1-3-21-20(23-13-11-16-9-6-7-12-22-16)24-19-14-18(19)17-10-5-4-8-15(17)2;/h4-10,12,18-19H,3,11,13-14H2,1-2H3,(H2,21,23,24);1H. The molecule has 0 radical (unpaired) electrons. The molecule has 0 spiro atoms. The first-order valence-corrected chi connectivity index (χ1v) is 8.78. The minimum absolute atomic E-state index is 0. The smallest absolute Gasteiger partial charge is 0.191 e. The largest absolute Gasteiger partial charge is 0.357 e. The van der Waals surface area contributed by atoms with E-state index in [-0.39, 0.29) is 24.0 Å². The summed E-state index contributed by atoms with van der Waals surface area (Å²) in [6.07, 6.45) is 3.87.